The van der Waals surface area contributed by atoms with Crippen molar-refractivity contribution in [3.05, 3.63) is 24.0 Å². The van der Waals surface area contributed by atoms with E-state index in [1.165, 1.54) is 0 Å². The Morgan fingerprint density at radius 1 is 1.30 bits per heavy atom. The molecule has 2 aromatic rings. The Hall–Kier alpha value is -2.22. The van der Waals surface area contributed by atoms with Crippen LogP contribution in [-0.2, 0) is 13.0 Å². The number of aromatic nitrogens is 4. The first-order valence-corrected chi connectivity index (χ1v) is 7.94. The summed E-state index contributed by atoms with van der Waals surface area (Å²) in [6, 6.07) is 2.11. The molecule has 0 atom stereocenters. The molecule has 1 saturated heterocycles. The number of piperidine rings is 1. The maximum absolute atomic E-state index is 5.57. The van der Waals surface area contributed by atoms with Gasteiger partial charge in [0.15, 0.2) is 0 Å². The Kier molecular flexibility index (Phi) is 5.02. The highest BCUT2D eigenvalue weighted by Gasteiger charge is 2.21. The molecule has 0 saturated carbocycles. The van der Waals surface area contributed by atoms with Crippen molar-refractivity contribution in [3.8, 4) is 5.88 Å². The van der Waals surface area contributed by atoms with Crippen molar-refractivity contribution in [2.45, 2.75) is 38.8 Å². The molecular formula is C15H22N6O2. The first-order valence-electron chi connectivity index (χ1n) is 7.94. The minimum atomic E-state index is 0.368. The van der Waals surface area contributed by atoms with Gasteiger partial charge < -0.3 is 14.5 Å². The highest BCUT2D eigenvalue weighted by molar-refractivity contribution is 5.29. The Labute approximate surface area is 135 Å². The van der Waals surface area contributed by atoms with E-state index in [9.17, 15) is 0 Å². The predicted octanol–water partition coefficient (Wildman–Crippen LogP) is 1.51. The SMILES string of the molecule is CCc1nnc(CN2CCC(Nc3nccc(OC)n3)CC2)o1. The number of anilines is 1. The van der Waals surface area contributed by atoms with E-state index in [2.05, 4.69) is 30.4 Å². The van der Waals surface area contributed by atoms with Crippen LogP contribution in [0.5, 0.6) is 5.88 Å². The van der Waals surface area contributed by atoms with Crippen LogP contribution in [0.1, 0.15) is 31.5 Å². The number of hydrogen-bond donors (Lipinski definition) is 1. The zero-order valence-electron chi connectivity index (χ0n) is 13.5. The van der Waals surface area contributed by atoms with Crippen molar-refractivity contribution in [3.63, 3.8) is 0 Å². The fourth-order valence-corrected chi connectivity index (χ4v) is 2.63. The number of rotatable bonds is 6. The van der Waals surface area contributed by atoms with Crippen molar-refractivity contribution in [1.82, 2.24) is 25.1 Å². The van der Waals surface area contributed by atoms with Crippen molar-refractivity contribution < 1.29 is 9.15 Å². The van der Waals surface area contributed by atoms with Crippen LogP contribution in [-0.4, -0.2) is 51.3 Å². The van der Waals surface area contributed by atoms with E-state index in [1.807, 2.05) is 6.92 Å². The van der Waals surface area contributed by atoms with Crippen molar-refractivity contribution in [2.24, 2.45) is 0 Å². The van der Waals surface area contributed by atoms with Gasteiger partial charge in [-0.25, -0.2) is 4.98 Å². The molecule has 0 radical (unpaired) electrons. The normalized spacial score (nSPS) is 16.4. The predicted molar refractivity (Wildman–Crippen MR) is 84.2 cm³/mol. The summed E-state index contributed by atoms with van der Waals surface area (Å²) in [7, 11) is 1.60. The first kappa shape index (κ1) is 15.7. The van der Waals surface area contributed by atoms with E-state index in [0.717, 1.165) is 38.9 Å². The third kappa shape index (κ3) is 4.16. The molecule has 8 heteroatoms. The quantitative estimate of drug-likeness (QED) is 0.857. The van der Waals surface area contributed by atoms with Gasteiger partial charge in [-0.3, -0.25) is 4.90 Å². The number of nitrogens with one attached hydrogen (secondary N) is 1. The van der Waals surface area contributed by atoms with Crippen LogP contribution < -0.4 is 10.1 Å². The Morgan fingerprint density at radius 3 is 2.78 bits per heavy atom. The molecule has 0 aromatic carbocycles. The van der Waals surface area contributed by atoms with E-state index >= 15 is 0 Å². The fraction of sp³-hybridized carbons (Fsp3) is 0.600. The molecule has 23 heavy (non-hydrogen) atoms. The molecule has 3 rings (SSSR count). The van der Waals surface area contributed by atoms with Gasteiger partial charge in [-0.05, 0) is 12.8 Å². The lowest BCUT2D eigenvalue weighted by Gasteiger charge is -2.31. The monoisotopic (exact) mass is 318 g/mol. The second kappa shape index (κ2) is 7.36. The zero-order chi connectivity index (χ0) is 16.1. The molecule has 0 bridgehead atoms. The van der Waals surface area contributed by atoms with E-state index in [-0.39, 0.29) is 0 Å². The largest absolute Gasteiger partial charge is 0.481 e. The fourth-order valence-electron chi connectivity index (χ4n) is 2.63. The lowest BCUT2D eigenvalue weighted by molar-refractivity contribution is 0.192. The zero-order valence-corrected chi connectivity index (χ0v) is 13.5. The highest BCUT2D eigenvalue weighted by Crippen LogP contribution is 2.17. The summed E-state index contributed by atoms with van der Waals surface area (Å²) in [5.41, 5.74) is 0. The third-order valence-corrected chi connectivity index (χ3v) is 3.93. The number of hydrogen-bond acceptors (Lipinski definition) is 8. The van der Waals surface area contributed by atoms with Crippen LogP contribution in [0.2, 0.25) is 0 Å². The summed E-state index contributed by atoms with van der Waals surface area (Å²) < 4.78 is 10.7. The standard InChI is InChI=1S/C15H22N6O2/c1-3-12-19-20-14(23-12)10-21-8-5-11(6-9-21)17-15-16-7-4-13(18-15)22-2/h4,7,11H,3,5-6,8-10H2,1-2H3,(H,16,17,18). The molecule has 8 nitrogen and oxygen atoms in total. The molecule has 0 spiro atoms. The minimum absolute atomic E-state index is 0.368. The minimum Gasteiger partial charge on any atom is -0.481 e. The number of ether oxygens (including phenoxy) is 1. The summed E-state index contributed by atoms with van der Waals surface area (Å²) in [5, 5.41) is 11.5. The average Bonchev–Trinajstić information content (AvgIpc) is 3.04. The molecule has 2 aromatic heterocycles. The second-order valence-electron chi connectivity index (χ2n) is 5.56. The van der Waals surface area contributed by atoms with Crippen LogP contribution in [0.4, 0.5) is 5.95 Å². The Balaban J connectivity index is 1.48. The summed E-state index contributed by atoms with van der Waals surface area (Å²) >= 11 is 0. The van der Waals surface area contributed by atoms with Gasteiger partial charge in [0.05, 0.1) is 13.7 Å². The Bertz CT molecular complexity index is 624. The molecule has 1 aliphatic heterocycles. The molecule has 0 amide bonds. The van der Waals surface area contributed by atoms with E-state index in [4.69, 9.17) is 9.15 Å². The van der Waals surface area contributed by atoms with Gasteiger partial charge in [0.2, 0.25) is 23.6 Å². The number of likely N-dealkylation sites (tertiary alicyclic amines) is 1. The average molecular weight is 318 g/mol. The molecular weight excluding hydrogens is 296 g/mol. The van der Waals surface area contributed by atoms with Crippen molar-refractivity contribution in [2.75, 3.05) is 25.5 Å². The molecule has 1 aliphatic rings. The van der Waals surface area contributed by atoms with Crippen LogP contribution in [0.15, 0.2) is 16.7 Å². The third-order valence-electron chi connectivity index (χ3n) is 3.93. The van der Waals surface area contributed by atoms with Gasteiger partial charge in [-0.15, -0.1) is 10.2 Å². The number of aryl methyl sites for hydroxylation is 1. The lowest BCUT2D eigenvalue weighted by atomic mass is 10.1. The van der Waals surface area contributed by atoms with Crippen LogP contribution in [0.25, 0.3) is 0 Å². The smallest absolute Gasteiger partial charge is 0.230 e. The van der Waals surface area contributed by atoms with Crippen molar-refractivity contribution >= 4 is 5.95 Å². The second-order valence-corrected chi connectivity index (χ2v) is 5.56. The maximum atomic E-state index is 5.57. The van der Waals surface area contributed by atoms with Gasteiger partial charge in [0, 0.05) is 37.8 Å². The van der Waals surface area contributed by atoms with Gasteiger partial charge in [-0.1, -0.05) is 6.92 Å². The maximum Gasteiger partial charge on any atom is 0.230 e. The van der Waals surface area contributed by atoms with Gasteiger partial charge >= 0.3 is 0 Å². The van der Waals surface area contributed by atoms with Crippen molar-refractivity contribution in [1.29, 1.82) is 0 Å². The number of methoxy groups -OCH3 is 1. The molecule has 124 valence electrons. The van der Waals surface area contributed by atoms with Crippen LogP contribution in [0.3, 0.4) is 0 Å². The van der Waals surface area contributed by atoms with Gasteiger partial charge in [-0.2, -0.15) is 4.98 Å². The summed E-state index contributed by atoms with van der Waals surface area (Å²) in [6.07, 6.45) is 4.52. The number of nitrogens with zero attached hydrogens (tertiary/aromatic N) is 5. The first-order chi connectivity index (χ1) is 11.3. The Morgan fingerprint density at radius 2 is 2.09 bits per heavy atom. The summed E-state index contributed by atoms with van der Waals surface area (Å²) in [6.45, 7) is 4.68. The molecule has 3 heterocycles. The van der Waals surface area contributed by atoms with E-state index in [0.29, 0.717) is 29.7 Å². The lowest BCUT2D eigenvalue weighted by Crippen LogP contribution is -2.39. The van der Waals surface area contributed by atoms with Gasteiger partial charge in [0.25, 0.3) is 0 Å². The molecule has 1 fully saturated rings. The summed E-state index contributed by atoms with van der Waals surface area (Å²) in [4.78, 5) is 10.9. The van der Waals surface area contributed by atoms with Gasteiger partial charge in [0.1, 0.15) is 0 Å². The molecule has 0 aliphatic carbocycles. The van der Waals surface area contributed by atoms with E-state index < -0.39 is 0 Å². The molecule has 1 N–H and O–H groups in total. The summed E-state index contributed by atoms with van der Waals surface area (Å²) in [5.74, 6) is 2.59. The topological polar surface area (TPSA) is 89.2 Å². The highest BCUT2D eigenvalue weighted by atomic mass is 16.5. The van der Waals surface area contributed by atoms with Crippen LogP contribution in [0, 0.1) is 0 Å². The molecule has 0 unspecified atom stereocenters. The van der Waals surface area contributed by atoms with Crippen LogP contribution >= 0.6 is 0 Å². The van der Waals surface area contributed by atoms with E-state index in [1.54, 1.807) is 19.4 Å².